The highest BCUT2D eigenvalue weighted by molar-refractivity contribution is 5.74. The Morgan fingerprint density at radius 2 is 1.68 bits per heavy atom. The van der Waals surface area contributed by atoms with Gasteiger partial charge in [0, 0.05) is 32.7 Å². The van der Waals surface area contributed by atoms with Gasteiger partial charge in [-0.3, -0.25) is 4.90 Å². The molecule has 0 unspecified atom stereocenters. The number of benzene rings is 2. The van der Waals surface area contributed by atoms with Crippen molar-refractivity contribution >= 4 is 6.03 Å². The molecular weight excluding hydrogens is 350 g/mol. The van der Waals surface area contributed by atoms with Gasteiger partial charge in [0.2, 0.25) is 0 Å². The van der Waals surface area contributed by atoms with E-state index in [0.717, 1.165) is 38.5 Å². The van der Waals surface area contributed by atoms with Crippen molar-refractivity contribution in [1.82, 2.24) is 15.1 Å². The van der Waals surface area contributed by atoms with E-state index in [2.05, 4.69) is 54.4 Å². The molecular formula is C23H31N3O2. The largest absolute Gasteiger partial charge is 0.491 e. The topological polar surface area (TPSA) is 44.8 Å². The summed E-state index contributed by atoms with van der Waals surface area (Å²) in [5.41, 5.74) is 2.52. The number of hydrogen-bond acceptors (Lipinski definition) is 3. The zero-order valence-electron chi connectivity index (χ0n) is 16.9. The normalized spacial score (nSPS) is 14.9. The van der Waals surface area contributed by atoms with E-state index in [1.807, 2.05) is 29.2 Å². The third-order valence-electron chi connectivity index (χ3n) is 5.09. The molecule has 3 rings (SSSR count). The van der Waals surface area contributed by atoms with Gasteiger partial charge >= 0.3 is 6.03 Å². The van der Waals surface area contributed by atoms with E-state index < -0.39 is 0 Å². The minimum atomic E-state index is 0.0000980. The van der Waals surface area contributed by atoms with Crippen molar-refractivity contribution in [3.8, 4) is 5.75 Å². The summed E-state index contributed by atoms with van der Waals surface area (Å²) in [6.07, 6.45) is 0. The Bertz CT molecular complexity index is 741. The van der Waals surface area contributed by atoms with Crippen LogP contribution in [-0.2, 0) is 6.54 Å². The lowest BCUT2D eigenvalue weighted by molar-refractivity contribution is 0.134. The Balaban J connectivity index is 1.36. The molecule has 0 bridgehead atoms. The summed E-state index contributed by atoms with van der Waals surface area (Å²) >= 11 is 0. The number of hydrogen-bond donors (Lipinski definition) is 1. The maximum atomic E-state index is 12.4. The lowest BCUT2D eigenvalue weighted by atomic mass is 10.0. The number of nitrogens with one attached hydrogen (secondary N) is 1. The standard InChI is InChI=1S/C23H31N3O2/c1-19(2)21-10-6-7-11-22(21)28-17-12-24-23(27)26-15-13-25(14-16-26)18-20-8-4-3-5-9-20/h3-11,19H,12-18H2,1-2H3,(H,24,27). The van der Waals surface area contributed by atoms with E-state index in [1.54, 1.807) is 0 Å². The maximum absolute atomic E-state index is 12.4. The number of piperazine rings is 1. The fourth-order valence-electron chi connectivity index (χ4n) is 3.47. The molecule has 2 aromatic carbocycles. The number of ether oxygens (including phenoxy) is 1. The van der Waals surface area contributed by atoms with Crippen molar-refractivity contribution in [3.63, 3.8) is 0 Å². The van der Waals surface area contributed by atoms with Crippen molar-refractivity contribution in [3.05, 3.63) is 65.7 Å². The predicted molar refractivity (Wildman–Crippen MR) is 113 cm³/mol. The number of urea groups is 1. The Morgan fingerprint density at radius 3 is 2.39 bits per heavy atom. The Labute approximate surface area is 168 Å². The van der Waals surface area contributed by atoms with Gasteiger partial charge in [0.15, 0.2) is 0 Å². The van der Waals surface area contributed by atoms with Crippen LogP contribution >= 0.6 is 0 Å². The SMILES string of the molecule is CC(C)c1ccccc1OCCNC(=O)N1CCN(Cc2ccccc2)CC1. The van der Waals surface area contributed by atoms with Gasteiger partial charge in [0.1, 0.15) is 12.4 Å². The molecule has 28 heavy (non-hydrogen) atoms. The van der Waals surface area contributed by atoms with Gasteiger partial charge in [-0.05, 0) is 23.1 Å². The quantitative estimate of drug-likeness (QED) is 0.744. The lowest BCUT2D eigenvalue weighted by Gasteiger charge is -2.34. The van der Waals surface area contributed by atoms with Gasteiger partial charge in [-0.25, -0.2) is 4.79 Å². The smallest absolute Gasteiger partial charge is 0.317 e. The lowest BCUT2D eigenvalue weighted by Crippen LogP contribution is -2.51. The fourth-order valence-corrected chi connectivity index (χ4v) is 3.47. The zero-order chi connectivity index (χ0) is 19.8. The van der Waals surface area contributed by atoms with Gasteiger partial charge < -0.3 is 15.0 Å². The van der Waals surface area contributed by atoms with Crippen LogP contribution in [0.25, 0.3) is 0 Å². The van der Waals surface area contributed by atoms with Crippen molar-refractivity contribution in [2.24, 2.45) is 0 Å². The van der Waals surface area contributed by atoms with Crippen LogP contribution in [0.4, 0.5) is 4.79 Å². The zero-order valence-corrected chi connectivity index (χ0v) is 16.9. The highest BCUT2D eigenvalue weighted by Gasteiger charge is 2.20. The van der Waals surface area contributed by atoms with Crippen LogP contribution in [0.3, 0.4) is 0 Å². The fraction of sp³-hybridized carbons (Fsp3) is 0.435. The molecule has 5 nitrogen and oxygen atoms in total. The van der Waals surface area contributed by atoms with E-state index in [4.69, 9.17) is 4.74 Å². The average Bonchev–Trinajstić information content (AvgIpc) is 2.72. The first-order valence-electron chi connectivity index (χ1n) is 10.1. The van der Waals surface area contributed by atoms with Crippen molar-refractivity contribution in [2.45, 2.75) is 26.3 Å². The molecule has 0 aliphatic carbocycles. The molecule has 0 radical (unpaired) electrons. The Morgan fingerprint density at radius 1 is 1.00 bits per heavy atom. The second-order valence-electron chi connectivity index (χ2n) is 7.52. The van der Waals surface area contributed by atoms with Gasteiger partial charge in [-0.15, -0.1) is 0 Å². The number of amides is 2. The Kier molecular flexibility index (Phi) is 7.31. The minimum absolute atomic E-state index is 0.0000980. The van der Waals surface area contributed by atoms with Crippen LogP contribution in [-0.4, -0.2) is 55.2 Å². The van der Waals surface area contributed by atoms with Crippen molar-refractivity contribution in [2.75, 3.05) is 39.3 Å². The molecule has 150 valence electrons. The van der Waals surface area contributed by atoms with E-state index in [9.17, 15) is 4.79 Å². The number of rotatable bonds is 7. The maximum Gasteiger partial charge on any atom is 0.317 e. The highest BCUT2D eigenvalue weighted by atomic mass is 16.5. The number of carbonyl (C=O) groups excluding carboxylic acids is 1. The van der Waals surface area contributed by atoms with E-state index in [0.29, 0.717) is 19.1 Å². The number of para-hydroxylation sites is 1. The van der Waals surface area contributed by atoms with E-state index in [-0.39, 0.29) is 6.03 Å². The van der Waals surface area contributed by atoms with Crippen LogP contribution in [0.1, 0.15) is 30.9 Å². The monoisotopic (exact) mass is 381 g/mol. The summed E-state index contributed by atoms with van der Waals surface area (Å²) in [4.78, 5) is 16.7. The molecule has 0 saturated carbocycles. The third kappa shape index (κ3) is 5.73. The third-order valence-corrected chi connectivity index (χ3v) is 5.09. The van der Waals surface area contributed by atoms with Gasteiger partial charge in [0.05, 0.1) is 6.54 Å². The molecule has 0 aromatic heterocycles. The molecule has 1 saturated heterocycles. The molecule has 0 spiro atoms. The average molecular weight is 382 g/mol. The molecule has 0 atom stereocenters. The Hall–Kier alpha value is -2.53. The summed E-state index contributed by atoms with van der Waals surface area (Å²) in [5.74, 6) is 1.32. The number of nitrogens with zero attached hydrogens (tertiary/aromatic N) is 2. The van der Waals surface area contributed by atoms with Crippen LogP contribution in [0.5, 0.6) is 5.75 Å². The molecule has 1 heterocycles. The van der Waals surface area contributed by atoms with Crippen LogP contribution in [0.2, 0.25) is 0 Å². The first-order valence-corrected chi connectivity index (χ1v) is 10.1. The first kappa shape index (κ1) is 20.2. The summed E-state index contributed by atoms with van der Waals surface area (Å²) in [5, 5.41) is 2.98. The van der Waals surface area contributed by atoms with Crippen LogP contribution < -0.4 is 10.1 Å². The summed E-state index contributed by atoms with van der Waals surface area (Å²) < 4.78 is 5.88. The van der Waals surface area contributed by atoms with Crippen LogP contribution in [0.15, 0.2) is 54.6 Å². The predicted octanol–water partition coefficient (Wildman–Crippen LogP) is 3.72. The highest BCUT2D eigenvalue weighted by Crippen LogP contribution is 2.25. The van der Waals surface area contributed by atoms with E-state index in [1.165, 1.54) is 11.1 Å². The summed E-state index contributed by atoms with van der Waals surface area (Å²) in [6.45, 7) is 9.56. The van der Waals surface area contributed by atoms with Crippen molar-refractivity contribution in [1.29, 1.82) is 0 Å². The van der Waals surface area contributed by atoms with Gasteiger partial charge in [-0.1, -0.05) is 62.4 Å². The molecule has 1 N–H and O–H groups in total. The molecule has 1 aliphatic heterocycles. The van der Waals surface area contributed by atoms with E-state index >= 15 is 0 Å². The van der Waals surface area contributed by atoms with Gasteiger partial charge in [-0.2, -0.15) is 0 Å². The number of carbonyl (C=O) groups is 1. The summed E-state index contributed by atoms with van der Waals surface area (Å²) in [7, 11) is 0. The van der Waals surface area contributed by atoms with Crippen LogP contribution in [0, 0.1) is 0 Å². The molecule has 1 fully saturated rings. The second kappa shape index (κ2) is 10.1. The molecule has 2 aromatic rings. The molecule has 5 heteroatoms. The molecule has 1 aliphatic rings. The minimum Gasteiger partial charge on any atom is -0.491 e. The van der Waals surface area contributed by atoms with Crippen molar-refractivity contribution < 1.29 is 9.53 Å². The molecule has 2 amide bonds. The second-order valence-corrected chi connectivity index (χ2v) is 7.52. The summed E-state index contributed by atoms with van der Waals surface area (Å²) in [6, 6.07) is 18.6. The first-order chi connectivity index (χ1) is 13.6. The van der Waals surface area contributed by atoms with Gasteiger partial charge in [0.25, 0.3) is 0 Å².